The lowest BCUT2D eigenvalue weighted by Crippen LogP contribution is -2.42. The average molecular weight is 408 g/mol. The highest BCUT2D eigenvalue weighted by molar-refractivity contribution is 5.87. The fourth-order valence-electron chi connectivity index (χ4n) is 5.17. The monoisotopic (exact) mass is 407 g/mol. The van der Waals surface area contributed by atoms with Crippen LogP contribution >= 0.6 is 0 Å². The fourth-order valence-corrected chi connectivity index (χ4v) is 5.17. The van der Waals surface area contributed by atoms with Crippen molar-refractivity contribution in [1.82, 2.24) is 19.1 Å². The Labute approximate surface area is 178 Å². The van der Waals surface area contributed by atoms with Gasteiger partial charge in [-0.15, -0.1) is 0 Å². The van der Waals surface area contributed by atoms with Gasteiger partial charge in [-0.3, -0.25) is 4.57 Å². The molecule has 0 aliphatic carbocycles. The zero-order valence-corrected chi connectivity index (χ0v) is 19.1. The SMILES string of the molecule is CCCC(CCC)N1CCn2c(=O)n(-c3c(C)cc(C)cc3C)c3nc(C)nc1c32. The molecule has 4 rings (SSSR count). The summed E-state index contributed by atoms with van der Waals surface area (Å²) in [6.45, 7) is 14.1. The van der Waals surface area contributed by atoms with Gasteiger partial charge < -0.3 is 4.90 Å². The van der Waals surface area contributed by atoms with Gasteiger partial charge in [0.15, 0.2) is 11.5 Å². The van der Waals surface area contributed by atoms with Crippen LogP contribution in [0.1, 0.15) is 62.0 Å². The fraction of sp³-hybridized carbons (Fsp3) is 0.542. The van der Waals surface area contributed by atoms with E-state index in [-0.39, 0.29) is 5.69 Å². The van der Waals surface area contributed by atoms with Gasteiger partial charge in [0.1, 0.15) is 11.3 Å². The molecule has 6 heteroatoms. The largest absolute Gasteiger partial charge is 0.350 e. The highest BCUT2D eigenvalue weighted by Gasteiger charge is 2.31. The van der Waals surface area contributed by atoms with Crippen LogP contribution in [0.4, 0.5) is 5.82 Å². The van der Waals surface area contributed by atoms with Gasteiger partial charge in [-0.1, -0.05) is 44.4 Å². The minimum Gasteiger partial charge on any atom is -0.350 e. The van der Waals surface area contributed by atoms with E-state index in [1.807, 2.05) is 16.1 Å². The highest BCUT2D eigenvalue weighted by atomic mass is 16.1. The first-order valence-corrected chi connectivity index (χ1v) is 11.2. The van der Waals surface area contributed by atoms with E-state index >= 15 is 0 Å². The Kier molecular flexibility index (Phi) is 5.43. The number of anilines is 1. The van der Waals surface area contributed by atoms with Crippen molar-refractivity contribution in [2.45, 2.75) is 79.8 Å². The molecule has 1 aliphatic rings. The van der Waals surface area contributed by atoms with E-state index in [1.165, 1.54) is 5.56 Å². The summed E-state index contributed by atoms with van der Waals surface area (Å²) in [5.41, 5.74) is 5.95. The van der Waals surface area contributed by atoms with Gasteiger partial charge in [0.05, 0.1) is 5.69 Å². The first kappa shape index (κ1) is 20.6. The molecule has 0 spiro atoms. The van der Waals surface area contributed by atoms with Crippen molar-refractivity contribution in [3.63, 3.8) is 0 Å². The van der Waals surface area contributed by atoms with E-state index in [1.54, 1.807) is 0 Å². The van der Waals surface area contributed by atoms with Crippen LogP contribution in [0, 0.1) is 27.7 Å². The third kappa shape index (κ3) is 3.22. The second-order valence-corrected chi connectivity index (χ2v) is 8.71. The second-order valence-electron chi connectivity index (χ2n) is 8.71. The van der Waals surface area contributed by atoms with Gasteiger partial charge in [-0.25, -0.2) is 19.3 Å². The lowest BCUT2D eigenvalue weighted by atomic mass is 10.0. The molecule has 1 aromatic carbocycles. The van der Waals surface area contributed by atoms with Crippen LogP contribution < -0.4 is 10.6 Å². The van der Waals surface area contributed by atoms with Crippen LogP contribution in [-0.2, 0) is 6.54 Å². The van der Waals surface area contributed by atoms with Crippen LogP contribution in [0.3, 0.4) is 0 Å². The zero-order valence-electron chi connectivity index (χ0n) is 19.1. The van der Waals surface area contributed by atoms with Crippen LogP contribution in [0.2, 0.25) is 0 Å². The summed E-state index contributed by atoms with van der Waals surface area (Å²) in [5, 5.41) is 0. The van der Waals surface area contributed by atoms with Gasteiger partial charge >= 0.3 is 5.69 Å². The van der Waals surface area contributed by atoms with Gasteiger partial charge in [-0.2, -0.15) is 0 Å². The third-order valence-electron chi connectivity index (χ3n) is 6.24. The number of nitrogens with zero attached hydrogens (tertiary/aromatic N) is 5. The molecule has 0 amide bonds. The lowest BCUT2D eigenvalue weighted by Gasteiger charge is -2.36. The summed E-state index contributed by atoms with van der Waals surface area (Å²) in [6, 6.07) is 4.72. The number of benzene rings is 1. The van der Waals surface area contributed by atoms with E-state index in [0.717, 1.165) is 66.0 Å². The molecule has 0 N–H and O–H groups in total. The number of hydrogen-bond donors (Lipinski definition) is 0. The van der Waals surface area contributed by atoms with Crippen LogP contribution in [0.15, 0.2) is 16.9 Å². The van der Waals surface area contributed by atoms with E-state index in [9.17, 15) is 4.79 Å². The number of rotatable bonds is 6. The van der Waals surface area contributed by atoms with Gasteiger partial charge in [0.25, 0.3) is 0 Å². The van der Waals surface area contributed by atoms with Crippen molar-refractivity contribution in [3.8, 4) is 5.69 Å². The first-order chi connectivity index (χ1) is 14.4. The summed E-state index contributed by atoms with van der Waals surface area (Å²) in [7, 11) is 0. The minimum absolute atomic E-state index is 0.0108. The summed E-state index contributed by atoms with van der Waals surface area (Å²) in [5.74, 6) is 1.64. The maximum atomic E-state index is 13.6. The smallest absolute Gasteiger partial charge is 0.335 e. The third-order valence-corrected chi connectivity index (χ3v) is 6.24. The molecular formula is C24H33N5O. The summed E-state index contributed by atoms with van der Waals surface area (Å²) in [6.07, 6.45) is 4.56. The molecule has 30 heavy (non-hydrogen) atoms. The molecule has 160 valence electrons. The Hall–Kier alpha value is -2.63. The maximum Gasteiger partial charge on any atom is 0.335 e. The average Bonchev–Trinajstić information content (AvgIpc) is 2.94. The maximum absolute atomic E-state index is 13.6. The Bertz CT molecular complexity index is 1130. The number of aryl methyl sites for hydroxylation is 4. The summed E-state index contributed by atoms with van der Waals surface area (Å²) in [4.78, 5) is 25.6. The van der Waals surface area contributed by atoms with E-state index in [2.05, 4.69) is 51.7 Å². The van der Waals surface area contributed by atoms with Crippen LogP contribution in [-0.4, -0.2) is 31.7 Å². The summed E-state index contributed by atoms with van der Waals surface area (Å²) >= 11 is 0. The van der Waals surface area contributed by atoms with Crippen molar-refractivity contribution < 1.29 is 0 Å². The van der Waals surface area contributed by atoms with Gasteiger partial charge in [-0.05, 0) is 51.7 Å². The van der Waals surface area contributed by atoms with Crippen molar-refractivity contribution in [1.29, 1.82) is 0 Å². The highest BCUT2D eigenvalue weighted by Crippen LogP contribution is 2.33. The second kappa shape index (κ2) is 7.89. The van der Waals surface area contributed by atoms with E-state index in [4.69, 9.17) is 9.97 Å². The van der Waals surface area contributed by atoms with Crippen molar-refractivity contribution in [2.24, 2.45) is 0 Å². The number of imidazole rings is 1. The molecule has 3 aromatic rings. The van der Waals surface area contributed by atoms with E-state index < -0.39 is 0 Å². The molecule has 2 aromatic heterocycles. The predicted octanol–water partition coefficient (Wildman–Crippen LogP) is 4.60. The molecule has 0 atom stereocenters. The molecule has 1 aliphatic heterocycles. The number of hydrogen-bond acceptors (Lipinski definition) is 4. The van der Waals surface area contributed by atoms with Crippen LogP contribution in [0.25, 0.3) is 16.9 Å². The standard InChI is InChI=1S/C24H33N5O/c1-7-9-19(10-8-2)27-11-12-28-21-22(27)25-18(6)26-23(21)29(24(28)30)20-16(4)13-15(3)14-17(20)5/h13-14,19H,7-12H2,1-6H3. The Morgan fingerprint density at radius 2 is 1.60 bits per heavy atom. The molecule has 0 bridgehead atoms. The topological polar surface area (TPSA) is 56.0 Å². The Balaban J connectivity index is 2.00. The normalized spacial score (nSPS) is 13.6. The summed E-state index contributed by atoms with van der Waals surface area (Å²) < 4.78 is 3.70. The number of aromatic nitrogens is 4. The Morgan fingerprint density at radius 3 is 2.20 bits per heavy atom. The molecular weight excluding hydrogens is 374 g/mol. The lowest BCUT2D eigenvalue weighted by molar-refractivity contribution is 0.476. The molecule has 0 saturated heterocycles. The molecule has 0 saturated carbocycles. The van der Waals surface area contributed by atoms with Crippen molar-refractivity contribution in [3.05, 3.63) is 45.1 Å². The zero-order chi connectivity index (χ0) is 21.6. The first-order valence-electron chi connectivity index (χ1n) is 11.2. The minimum atomic E-state index is -0.0108. The molecule has 6 nitrogen and oxygen atoms in total. The van der Waals surface area contributed by atoms with Gasteiger partial charge in [0, 0.05) is 19.1 Å². The quantitative estimate of drug-likeness (QED) is 0.599. The van der Waals surface area contributed by atoms with Crippen molar-refractivity contribution >= 4 is 17.0 Å². The van der Waals surface area contributed by atoms with Crippen LogP contribution in [0.5, 0.6) is 0 Å². The molecule has 0 fully saturated rings. The molecule has 0 radical (unpaired) electrons. The Morgan fingerprint density at radius 1 is 0.967 bits per heavy atom. The van der Waals surface area contributed by atoms with Crippen molar-refractivity contribution in [2.75, 3.05) is 11.4 Å². The van der Waals surface area contributed by atoms with Gasteiger partial charge in [0.2, 0.25) is 0 Å². The molecule has 0 unspecified atom stereocenters. The van der Waals surface area contributed by atoms with E-state index in [0.29, 0.717) is 18.4 Å². The predicted molar refractivity (Wildman–Crippen MR) is 123 cm³/mol. The molecule has 3 heterocycles.